The van der Waals surface area contributed by atoms with Gasteiger partial charge in [0.05, 0.1) is 12.5 Å². The third kappa shape index (κ3) is 4.09. The number of benzene rings is 3. The maximum Gasteiger partial charge on any atom is 0.232 e. The van der Waals surface area contributed by atoms with E-state index < -0.39 is 0 Å². The van der Waals surface area contributed by atoms with Crippen LogP contribution in [0.1, 0.15) is 35.1 Å². The van der Waals surface area contributed by atoms with Gasteiger partial charge in [0.1, 0.15) is 5.75 Å². The van der Waals surface area contributed by atoms with Gasteiger partial charge >= 0.3 is 0 Å². The first-order valence-corrected chi connectivity index (χ1v) is 9.85. The molecule has 28 heavy (non-hydrogen) atoms. The van der Waals surface area contributed by atoms with Crippen LogP contribution in [-0.2, 0) is 17.6 Å². The maximum atomic E-state index is 13.2. The quantitative estimate of drug-likeness (QED) is 0.693. The van der Waals surface area contributed by atoms with Gasteiger partial charge in [-0.05, 0) is 41.7 Å². The number of amides is 1. The van der Waals surface area contributed by atoms with Crippen molar-refractivity contribution in [2.24, 2.45) is 0 Å². The second-order valence-electron chi connectivity index (χ2n) is 7.41. The lowest BCUT2D eigenvalue weighted by atomic mass is 9.90. The summed E-state index contributed by atoms with van der Waals surface area (Å²) in [6, 6.07) is 26.3. The van der Waals surface area contributed by atoms with Crippen LogP contribution in [0.25, 0.3) is 0 Å². The van der Waals surface area contributed by atoms with Crippen molar-refractivity contribution in [3.8, 4) is 5.75 Å². The smallest absolute Gasteiger partial charge is 0.232 e. The van der Waals surface area contributed by atoms with Crippen molar-refractivity contribution in [3.05, 3.63) is 101 Å². The van der Waals surface area contributed by atoms with Crippen LogP contribution in [0.3, 0.4) is 0 Å². The largest absolute Gasteiger partial charge is 0.493 e. The van der Waals surface area contributed by atoms with Gasteiger partial charge in [-0.15, -0.1) is 0 Å². The summed E-state index contributed by atoms with van der Waals surface area (Å²) in [6.45, 7) is 2.83. The molecule has 3 aromatic rings. The van der Waals surface area contributed by atoms with Crippen molar-refractivity contribution in [2.75, 3.05) is 6.61 Å². The van der Waals surface area contributed by atoms with Gasteiger partial charge in [-0.3, -0.25) is 4.79 Å². The minimum atomic E-state index is -0.307. The van der Waals surface area contributed by atoms with E-state index in [1.165, 1.54) is 11.1 Å². The molecule has 1 heterocycles. The van der Waals surface area contributed by atoms with Crippen LogP contribution < -0.4 is 10.1 Å². The second kappa shape index (κ2) is 8.30. The summed E-state index contributed by atoms with van der Waals surface area (Å²) in [5.41, 5.74) is 4.51. The van der Waals surface area contributed by atoms with Crippen molar-refractivity contribution in [1.82, 2.24) is 5.32 Å². The van der Waals surface area contributed by atoms with Gasteiger partial charge in [0.25, 0.3) is 0 Å². The molecule has 3 heteroatoms. The van der Waals surface area contributed by atoms with Gasteiger partial charge in [0.15, 0.2) is 0 Å². The number of ether oxygens (including phenoxy) is 1. The Balaban J connectivity index is 1.49. The SMILES string of the molecule is C[C@@H](Cc1ccc2c(c1)CCO2)NC(=O)C(c1ccccc1)c1ccccc1. The highest BCUT2D eigenvalue weighted by Gasteiger charge is 2.24. The average Bonchev–Trinajstić information content (AvgIpc) is 3.17. The van der Waals surface area contributed by atoms with E-state index in [1.54, 1.807) is 0 Å². The highest BCUT2D eigenvalue weighted by Crippen LogP contribution is 2.27. The molecule has 1 atom stereocenters. The van der Waals surface area contributed by atoms with Crippen molar-refractivity contribution in [3.63, 3.8) is 0 Å². The molecule has 3 nitrogen and oxygen atoms in total. The monoisotopic (exact) mass is 371 g/mol. The maximum absolute atomic E-state index is 13.2. The summed E-state index contributed by atoms with van der Waals surface area (Å²) in [6.07, 6.45) is 1.77. The van der Waals surface area contributed by atoms with Crippen molar-refractivity contribution in [2.45, 2.75) is 31.7 Å². The molecular formula is C25H25NO2. The van der Waals surface area contributed by atoms with Gasteiger partial charge < -0.3 is 10.1 Å². The molecule has 1 N–H and O–H groups in total. The normalized spacial score (nSPS) is 13.6. The first-order chi connectivity index (χ1) is 13.7. The lowest BCUT2D eigenvalue weighted by Crippen LogP contribution is -2.38. The van der Waals surface area contributed by atoms with Gasteiger partial charge in [-0.25, -0.2) is 0 Å². The number of nitrogens with one attached hydrogen (secondary N) is 1. The molecule has 4 rings (SSSR count). The third-order valence-electron chi connectivity index (χ3n) is 5.21. The summed E-state index contributed by atoms with van der Waals surface area (Å²) in [4.78, 5) is 13.2. The third-order valence-corrected chi connectivity index (χ3v) is 5.21. The van der Waals surface area contributed by atoms with Crippen LogP contribution in [0.2, 0.25) is 0 Å². The molecule has 1 amide bonds. The molecule has 1 aliphatic rings. The minimum absolute atomic E-state index is 0.0365. The number of hydrogen-bond donors (Lipinski definition) is 1. The summed E-state index contributed by atoms with van der Waals surface area (Å²) in [5, 5.41) is 3.22. The van der Waals surface area contributed by atoms with E-state index in [9.17, 15) is 4.79 Å². The molecule has 0 aliphatic carbocycles. The summed E-state index contributed by atoms with van der Waals surface area (Å²) in [7, 11) is 0. The molecule has 0 aromatic heterocycles. The summed E-state index contributed by atoms with van der Waals surface area (Å²) >= 11 is 0. The fourth-order valence-electron chi connectivity index (χ4n) is 3.88. The highest BCUT2D eigenvalue weighted by molar-refractivity contribution is 5.87. The van der Waals surface area contributed by atoms with Crippen molar-refractivity contribution < 1.29 is 9.53 Å². The first kappa shape index (κ1) is 18.3. The molecule has 142 valence electrons. The molecule has 0 radical (unpaired) electrons. The zero-order valence-electron chi connectivity index (χ0n) is 16.1. The highest BCUT2D eigenvalue weighted by atomic mass is 16.5. The van der Waals surface area contributed by atoms with E-state index in [2.05, 4.69) is 24.4 Å². The number of fused-ring (bicyclic) bond motifs is 1. The molecule has 0 saturated heterocycles. The van der Waals surface area contributed by atoms with Crippen molar-refractivity contribution in [1.29, 1.82) is 0 Å². The van der Waals surface area contributed by atoms with Crippen molar-refractivity contribution >= 4 is 5.91 Å². The topological polar surface area (TPSA) is 38.3 Å². The Morgan fingerprint density at radius 3 is 2.25 bits per heavy atom. The number of rotatable bonds is 6. The predicted molar refractivity (Wildman–Crippen MR) is 112 cm³/mol. The zero-order chi connectivity index (χ0) is 19.3. The summed E-state index contributed by atoms with van der Waals surface area (Å²) < 4.78 is 5.58. The van der Waals surface area contributed by atoms with Gasteiger partial charge in [-0.1, -0.05) is 72.8 Å². The lowest BCUT2D eigenvalue weighted by Gasteiger charge is -2.21. The average molecular weight is 371 g/mol. The Morgan fingerprint density at radius 2 is 1.61 bits per heavy atom. The fourth-order valence-corrected chi connectivity index (χ4v) is 3.88. The van der Waals surface area contributed by atoms with Crippen LogP contribution in [0.15, 0.2) is 78.9 Å². The Kier molecular flexibility index (Phi) is 5.43. The molecule has 0 fully saturated rings. The van der Waals surface area contributed by atoms with E-state index >= 15 is 0 Å². The number of hydrogen-bond acceptors (Lipinski definition) is 2. The zero-order valence-corrected chi connectivity index (χ0v) is 16.1. The number of carbonyl (C=O) groups excluding carboxylic acids is 1. The van der Waals surface area contributed by atoms with Crippen LogP contribution >= 0.6 is 0 Å². The molecule has 0 unspecified atom stereocenters. The Bertz CT molecular complexity index is 898. The molecule has 0 spiro atoms. The molecular weight excluding hydrogens is 346 g/mol. The molecule has 0 saturated carbocycles. The van der Waals surface area contributed by atoms with Crippen LogP contribution in [-0.4, -0.2) is 18.6 Å². The molecule has 0 bridgehead atoms. The fraction of sp³-hybridized carbons (Fsp3) is 0.240. The van der Waals surface area contributed by atoms with Crippen LogP contribution in [0, 0.1) is 0 Å². The van der Waals surface area contributed by atoms with Gasteiger partial charge in [0.2, 0.25) is 5.91 Å². The lowest BCUT2D eigenvalue weighted by molar-refractivity contribution is -0.122. The van der Waals surface area contributed by atoms with Gasteiger partial charge in [-0.2, -0.15) is 0 Å². The standard InChI is InChI=1S/C25H25NO2/c1-18(16-19-12-13-23-22(17-19)14-15-28-23)26-25(27)24(20-8-4-2-5-9-20)21-10-6-3-7-11-21/h2-13,17-18,24H,14-16H2,1H3,(H,26,27)/t18-/m0/s1. The molecule has 1 aliphatic heterocycles. The minimum Gasteiger partial charge on any atom is -0.493 e. The van der Waals surface area contributed by atoms with E-state index in [0.29, 0.717) is 0 Å². The van der Waals surface area contributed by atoms with E-state index in [-0.39, 0.29) is 17.9 Å². The summed E-state index contributed by atoms with van der Waals surface area (Å²) in [5.74, 6) is 0.723. The Labute approximate surface area is 166 Å². The Morgan fingerprint density at radius 1 is 0.964 bits per heavy atom. The Hall–Kier alpha value is -3.07. The second-order valence-corrected chi connectivity index (χ2v) is 7.41. The van der Waals surface area contributed by atoms with E-state index in [0.717, 1.165) is 36.3 Å². The van der Waals surface area contributed by atoms with Crippen LogP contribution in [0.5, 0.6) is 5.75 Å². The molecule has 3 aromatic carbocycles. The number of carbonyl (C=O) groups is 1. The van der Waals surface area contributed by atoms with E-state index in [4.69, 9.17) is 4.74 Å². The predicted octanol–water partition coefficient (Wildman–Crippen LogP) is 4.50. The van der Waals surface area contributed by atoms with Gasteiger partial charge in [0, 0.05) is 12.5 Å². The van der Waals surface area contributed by atoms with E-state index in [1.807, 2.05) is 66.7 Å². The first-order valence-electron chi connectivity index (χ1n) is 9.85. The van der Waals surface area contributed by atoms with Crippen LogP contribution in [0.4, 0.5) is 0 Å².